The van der Waals surface area contributed by atoms with Crippen LogP contribution in [0.4, 0.5) is 0 Å². The summed E-state index contributed by atoms with van der Waals surface area (Å²) in [5.41, 5.74) is 0.0471. The van der Waals surface area contributed by atoms with Crippen LogP contribution in [-0.2, 0) is 9.84 Å². The maximum absolute atomic E-state index is 12.3. The number of rotatable bonds is 5. The second kappa shape index (κ2) is 4.67. The molecule has 3 heteroatoms. The molecule has 0 aromatic carbocycles. The van der Waals surface area contributed by atoms with Gasteiger partial charge in [-0.2, -0.15) is 0 Å². The van der Waals surface area contributed by atoms with Crippen LogP contribution in [0.3, 0.4) is 0 Å². The van der Waals surface area contributed by atoms with E-state index in [1.54, 1.807) is 13.8 Å². The number of hydrogen-bond donors (Lipinski definition) is 0. The van der Waals surface area contributed by atoms with Crippen molar-refractivity contribution in [1.29, 1.82) is 0 Å². The molecule has 16 heavy (non-hydrogen) atoms. The highest BCUT2D eigenvalue weighted by Crippen LogP contribution is 2.39. The van der Waals surface area contributed by atoms with E-state index in [0.717, 1.165) is 0 Å². The third-order valence-electron chi connectivity index (χ3n) is 3.84. The Kier molecular flexibility index (Phi) is 4.66. The van der Waals surface area contributed by atoms with E-state index in [-0.39, 0.29) is 10.7 Å². The van der Waals surface area contributed by atoms with Gasteiger partial charge < -0.3 is 0 Å². The highest BCUT2D eigenvalue weighted by Gasteiger charge is 2.41. The van der Waals surface area contributed by atoms with Crippen LogP contribution in [0.25, 0.3) is 0 Å². The Bertz CT molecular complexity index is 322. The summed E-state index contributed by atoms with van der Waals surface area (Å²) < 4.78 is 23.9. The Labute approximate surface area is 102 Å². The predicted molar refractivity (Wildman–Crippen MR) is 71.4 cm³/mol. The van der Waals surface area contributed by atoms with Crippen LogP contribution in [0, 0.1) is 11.3 Å². The van der Waals surface area contributed by atoms with Gasteiger partial charge >= 0.3 is 0 Å². The zero-order valence-electron chi connectivity index (χ0n) is 12.1. The molecule has 0 spiro atoms. The molecule has 0 atom stereocenters. The molecule has 0 amide bonds. The molecule has 0 rings (SSSR count). The first-order chi connectivity index (χ1) is 6.84. The molecule has 0 radical (unpaired) electrons. The summed E-state index contributed by atoms with van der Waals surface area (Å²) in [7, 11) is -3.04. The molecule has 0 aliphatic heterocycles. The molecule has 0 aromatic rings. The third-order valence-corrected chi connectivity index (χ3v) is 6.76. The number of hydrogen-bond acceptors (Lipinski definition) is 2. The maximum Gasteiger partial charge on any atom is 0.157 e. The Morgan fingerprint density at radius 2 is 1.31 bits per heavy atom. The van der Waals surface area contributed by atoms with Gasteiger partial charge in [-0.05, 0) is 45.4 Å². The average molecular weight is 248 g/mol. The molecule has 0 saturated carbocycles. The third kappa shape index (κ3) is 3.22. The van der Waals surface area contributed by atoms with Crippen molar-refractivity contribution in [2.75, 3.05) is 0 Å². The number of sulfone groups is 1. The van der Waals surface area contributed by atoms with Crippen molar-refractivity contribution in [1.82, 2.24) is 0 Å². The first-order valence-corrected chi connectivity index (χ1v) is 7.62. The van der Waals surface area contributed by atoms with Crippen LogP contribution in [0.15, 0.2) is 0 Å². The van der Waals surface area contributed by atoms with Crippen LogP contribution in [0.2, 0.25) is 0 Å². The van der Waals surface area contributed by atoms with E-state index >= 15 is 0 Å². The summed E-state index contributed by atoms with van der Waals surface area (Å²) in [5, 5.41) is -0.300. The molecule has 0 saturated heterocycles. The fourth-order valence-corrected chi connectivity index (χ4v) is 3.89. The molecule has 0 fully saturated rings. The van der Waals surface area contributed by atoms with Gasteiger partial charge in [0.2, 0.25) is 0 Å². The summed E-state index contributed by atoms with van der Waals surface area (Å²) in [6, 6.07) is 0. The van der Waals surface area contributed by atoms with Crippen LogP contribution in [0.5, 0.6) is 0 Å². The minimum Gasteiger partial charge on any atom is -0.228 e. The van der Waals surface area contributed by atoms with Gasteiger partial charge in [0.15, 0.2) is 9.84 Å². The second-order valence-corrected chi connectivity index (χ2v) is 9.81. The normalized spacial score (nSPS) is 14.9. The SMILES string of the molecule is CC(C)C(C)(C)CC(C)(C)S(=O)(=O)C(C)C. The van der Waals surface area contributed by atoms with Crippen molar-refractivity contribution in [3.8, 4) is 0 Å². The molecule has 0 aliphatic carbocycles. The molecule has 0 N–H and O–H groups in total. The van der Waals surface area contributed by atoms with Gasteiger partial charge in [0, 0.05) is 0 Å². The smallest absolute Gasteiger partial charge is 0.157 e. The Hall–Kier alpha value is -0.0500. The van der Waals surface area contributed by atoms with Crippen molar-refractivity contribution in [2.45, 2.75) is 71.8 Å². The first kappa shape index (κ1) is 16.0. The minimum absolute atomic E-state index is 0.0471. The molecule has 0 aromatic heterocycles. The zero-order chi connectivity index (χ0) is 13.4. The lowest BCUT2D eigenvalue weighted by molar-refractivity contribution is 0.206. The topological polar surface area (TPSA) is 34.1 Å². The van der Waals surface area contributed by atoms with E-state index < -0.39 is 14.6 Å². The van der Waals surface area contributed by atoms with Gasteiger partial charge in [-0.15, -0.1) is 0 Å². The van der Waals surface area contributed by atoms with Gasteiger partial charge in [0.1, 0.15) is 0 Å². The van der Waals surface area contributed by atoms with Gasteiger partial charge in [0.05, 0.1) is 10.00 Å². The second-order valence-electron chi connectivity index (χ2n) is 6.67. The average Bonchev–Trinajstić information content (AvgIpc) is 2.00. The zero-order valence-corrected chi connectivity index (χ0v) is 12.9. The van der Waals surface area contributed by atoms with Crippen LogP contribution >= 0.6 is 0 Å². The lowest BCUT2D eigenvalue weighted by Gasteiger charge is -2.38. The molecular formula is C13H28O2S. The summed E-state index contributed by atoms with van der Waals surface area (Å²) in [4.78, 5) is 0. The van der Waals surface area contributed by atoms with Crippen molar-refractivity contribution < 1.29 is 8.42 Å². The molecule has 98 valence electrons. The van der Waals surface area contributed by atoms with E-state index in [1.807, 2.05) is 13.8 Å². The lowest BCUT2D eigenvalue weighted by atomic mass is 9.75. The largest absolute Gasteiger partial charge is 0.228 e. The fraction of sp³-hybridized carbons (Fsp3) is 1.00. The molecular weight excluding hydrogens is 220 g/mol. The predicted octanol–water partition coefficient (Wildman–Crippen LogP) is 3.66. The van der Waals surface area contributed by atoms with Gasteiger partial charge in [-0.3, -0.25) is 0 Å². The van der Waals surface area contributed by atoms with Crippen molar-refractivity contribution in [3.05, 3.63) is 0 Å². The van der Waals surface area contributed by atoms with Crippen LogP contribution in [0.1, 0.15) is 61.8 Å². The van der Waals surface area contributed by atoms with E-state index in [1.165, 1.54) is 0 Å². The summed E-state index contributed by atoms with van der Waals surface area (Å²) >= 11 is 0. The standard InChI is InChI=1S/C13H28O2S/c1-10(2)12(5,6)9-13(7,8)16(14,15)11(3)4/h10-11H,9H2,1-8H3. The van der Waals surface area contributed by atoms with E-state index in [2.05, 4.69) is 27.7 Å². The quantitative estimate of drug-likeness (QED) is 0.744. The lowest BCUT2D eigenvalue weighted by Crippen LogP contribution is -2.42. The summed E-state index contributed by atoms with van der Waals surface area (Å²) in [6.45, 7) is 15.8. The summed E-state index contributed by atoms with van der Waals surface area (Å²) in [5.74, 6) is 0.481. The first-order valence-electron chi connectivity index (χ1n) is 6.08. The summed E-state index contributed by atoms with van der Waals surface area (Å²) in [6.07, 6.45) is 0.707. The van der Waals surface area contributed by atoms with E-state index in [4.69, 9.17) is 0 Å². The minimum atomic E-state index is -3.04. The van der Waals surface area contributed by atoms with Crippen molar-refractivity contribution >= 4 is 9.84 Å². The Balaban J connectivity index is 5.12. The Morgan fingerprint density at radius 1 is 0.938 bits per heavy atom. The van der Waals surface area contributed by atoms with E-state index in [0.29, 0.717) is 12.3 Å². The van der Waals surface area contributed by atoms with Crippen LogP contribution in [-0.4, -0.2) is 18.4 Å². The molecule has 2 nitrogen and oxygen atoms in total. The van der Waals surface area contributed by atoms with Gasteiger partial charge in [-0.25, -0.2) is 8.42 Å². The van der Waals surface area contributed by atoms with E-state index in [9.17, 15) is 8.42 Å². The van der Waals surface area contributed by atoms with Crippen molar-refractivity contribution in [3.63, 3.8) is 0 Å². The molecule has 0 bridgehead atoms. The fourth-order valence-electron chi connectivity index (χ4n) is 2.04. The highest BCUT2D eigenvalue weighted by molar-refractivity contribution is 7.93. The molecule has 0 heterocycles. The molecule has 0 unspecified atom stereocenters. The highest BCUT2D eigenvalue weighted by atomic mass is 32.2. The Morgan fingerprint density at radius 3 is 1.56 bits per heavy atom. The van der Waals surface area contributed by atoms with Crippen molar-refractivity contribution in [2.24, 2.45) is 11.3 Å². The maximum atomic E-state index is 12.3. The van der Waals surface area contributed by atoms with Crippen LogP contribution < -0.4 is 0 Å². The molecule has 0 aliphatic rings. The monoisotopic (exact) mass is 248 g/mol. The van der Waals surface area contributed by atoms with Gasteiger partial charge in [-0.1, -0.05) is 27.7 Å². The van der Waals surface area contributed by atoms with Gasteiger partial charge in [0.25, 0.3) is 0 Å².